The number of hydrogen-bond donors (Lipinski definition) is 0. The van der Waals surface area contributed by atoms with Gasteiger partial charge in [0.05, 0.1) is 21.6 Å². The number of nitrogens with zero attached hydrogens (tertiary/aromatic N) is 3. The van der Waals surface area contributed by atoms with E-state index in [0.29, 0.717) is 16.3 Å². The van der Waals surface area contributed by atoms with Gasteiger partial charge in [-0.25, -0.2) is 0 Å². The van der Waals surface area contributed by atoms with Crippen molar-refractivity contribution in [2.24, 2.45) is 4.99 Å². The summed E-state index contributed by atoms with van der Waals surface area (Å²) < 4.78 is 0. The first-order chi connectivity index (χ1) is 14.5. The van der Waals surface area contributed by atoms with Crippen molar-refractivity contribution < 1.29 is 9.72 Å². The maximum Gasteiger partial charge on any atom is 0.269 e. The van der Waals surface area contributed by atoms with Crippen LogP contribution in [-0.4, -0.2) is 32.7 Å². The summed E-state index contributed by atoms with van der Waals surface area (Å²) in [6, 6.07) is 13.6. The first-order valence-electron chi connectivity index (χ1n) is 10.1. The molecular formula is C22H22ClN3O3S. The molecule has 1 amide bonds. The lowest BCUT2D eigenvalue weighted by atomic mass is 9.94. The van der Waals surface area contributed by atoms with Crippen LogP contribution in [0.25, 0.3) is 0 Å². The van der Waals surface area contributed by atoms with E-state index in [9.17, 15) is 14.9 Å². The molecule has 1 aliphatic heterocycles. The third-order valence-corrected chi connectivity index (χ3v) is 6.97. The predicted octanol–water partition coefficient (Wildman–Crippen LogP) is 5.87. The van der Waals surface area contributed by atoms with E-state index in [0.717, 1.165) is 36.4 Å². The van der Waals surface area contributed by atoms with Crippen LogP contribution in [0.4, 0.5) is 5.69 Å². The van der Waals surface area contributed by atoms with Crippen molar-refractivity contribution in [1.29, 1.82) is 0 Å². The Balaban J connectivity index is 1.63. The van der Waals surface area contributed by atoms with E-state index < -0.39 is 4.92 Å². The van der Waals surface area contributed by atoms with Crippen LogP contribution < -0.4 is 0 Å². The molecule has 0 saturated heterocycles. The molecule has 0 radical (unpaired) electrons. The highest BCUT2D eigenvalue weighted by molar-refractivity contribution is 8.14. The number of amidine groups is 1. The third-order valence-electron chi connectivity index (χ3n) is 5.59. The topological polar surface area (TPSA) is 75.8 Å². The Hall–Kier alpha value is -2.38. The van der Waals surface area contributed by atoms with Crippen molar-refractivity contribution in [3.63, 3.8) is 0 Å². The van der Waals surface area contributed by atoms with Gasteiger partial charge in [-0.2, -0.15) is 0 Å². The summed E-state index contributed by atoms with van der Waals surface area (Å²) >= 11 is 7.89. The fourth-order valence-corrected chi connectivity index (χ4v) is 5.36. The Morgan fingerprint density at radius 1 is 1.10 bits per heavy atom. The molecule has 1 saturated carbocycles. The Labute approximate surface area is 184 Å². The second-order valence-electron chi connectivity index (χ2n) is 7.53. The Bertz CT molecular complexity index is 974. The molecule has 2 aromatic carbocycles. The van der Waals surface area contributed by atoms with Crippen molar-refractivity contribution in [2.75, 3.05) is 5.75 Å². The van der Waals surface area contributed by atoms with Crippen molar-refractivity contribution in [1.82, 2.24) is 4.90 Å². The van der Waals surface area contributed by atoms with Gasteiger partial charge < -0.3 is 0 Å². The molecular weight excluding hydrogens is 422 g/mol. The van der Waals surface area contributed by atoms with Gasteiger partial charge in [-0.3, -0.25) is 24.8 Å². The van der Waals surface area contributed by atoms with Crippen LogP contribution in [0.15, 0.2) is 53.5 Å². The standard InChI is InChI=1S/C22H22ClN3O3S/c23-19-9-5-4-8-18(19)21(27)25(16-6-2-1-3-7-16)22-24-20(14-30-22)15-10-12-17(13-11-15)26(28)29/h4-5,8-13,16,20H,1-3,6-7,14H2/t20-/m1/s1. The molecule has 4 rings (SSSR count). The number of carbonyl (C=O) groups is 1. The van der Waals surface area contributed by atoms with E-state index in [2.05, 4.69) is 0 Å². The van der Waals surface area contributed by atoms with Gasteiger partial charge in [-0.05, 0) is 30.5 Å². The number of benzene rings is 2. The summed E-state index contributed by atoms with van der Waals surface area (Å²) in [6.45, 7) is 0. The summed E-state index contributed by atoms with van der Waals surface area (Å²) in [4.78, 5) is 30.7. The largest absolute Gasteiger partial charge is 0.284 e. The van der Waals surface area contributed by atoms with E-state index in [1.165, 1.54) is 18.6 Å². The number of carbonyl (C=O) groups excluding carboxylic acids is 1. The average Bonchev–Trinajstić information content (AvgIpc) is 3.24. The van der Waals surface area contributed by atoms with Crippen molar-refractivity contribution in [3.05, 3.63) is 74.8 Å². The summed E-state index contributed by atoms with van der Waals surface area (Å²) in [5.41, 5.74) is 1.47. The van der Waals surface area contributed by atoms with Crippen molar-refractivity contribution in [3.8, 4) is 0 Å². The van der Waals surface area contributed by atoms with Crippen LogP contribution in [0.2, 0.25) is 5.02 Å². The lowest BCUT2D eigenvalue weighted by Crippen LogP contribution is -2.44. The molecule has 1 aliphatic carbocycles. The Morgan fingerprint density at radius 3 is 2.47 bits per heavy atom. The maximum absolute atomic E-state index is 13.5. The molecule has 0 bridgehead atoms. The number of nitro groups is 1. The zero-order valence-corrected chi connectivity index (χ0v) is 17.9. The highest BCUT2D eigenvalue weighted by Crippen LogP contribution is 2.36. The smallest absolute Gasteiger partial charge is 0.269 e. The molecule has 2 aromatic rings. The number of non-ortho nitro benzene ring substituents is 1. The molecule has 156 valence electrons. The number of hydrogen-bond acceptors (Lipinski definition) is 5. The Morgan fingerprint density at radius 2 is 1.80 bits per heavy atom. The fourth-order valence-electron chi connectivity index (χ4n) is 3.99. The van der Waals surface area contributed by atoms with Gasteiger partial charge in [0.15, 0.2) is 5.17 Å². The number of nitro benzene ring substituents is 1. The lowest BCUT2D eigenvalue weighted by Gasteiger charge is -2.34. The van der Waals surface area contributed by atoms with E-state index in [4.69, 9.17) is 16.6 Å². The zero-order valence-electron chi connectivity index (χ0n) is 16.4. The number of halogens is 1. The highest BCUT2D eigenvalue weighted by atomic mass is 35.5. The maximum atomic E-state index is 13.5. The molecule has 1 atom stereocenters. The quantitative estimate of drug-likeness (QED) is 0.437. The average molecular weight is 444 g/mol. The summed E-state index contributed by atoms with van der Waals surface area (Å²) in [5.74, 6) is 0.592. The molecule has 0 unspecified atom stereocenters. The van der Waals surface area contributed by atoms with Gasteiger partial charge in [0.25, 0.3) is 11.6 Å². The minimum absolute atomic E-state index is 0.0614. The van der Waals surface area contributed by atoms with Gasteiger partial charge in [0, 0.05) is 23.9 Å². The van der Waals surface area contributed by atoms with E-state index in [1.807, 2.05) is 17.0 Å². The molecule has 0 spiro atoms. The molecule has 30 heavy (non-hydrogen) atoms. The van der Waals surface area contributed by atoms with Gasteiger partial charge in [0.2, 0.25) is 0 Å². The van der Waals surface area contributed by atoms with Crippen LogP contribution in [0.5, 0.6) is 0 Å². The van der Waals surface area contributed by atoms with Crippen LogP contribution in [0.3, 0.4) is 0 Å². The summed E-state index contributed by atoms with van der Waals surface area (Å²) in [7, 11) is 0. The van der Waals surface area contributed by atoms with Crippen LogP contribution in [-0.2, 0) is 0 Å². The number of rotatable bonds is 4. The molecule has 0 N–H and O–H groups in total. The fraction of sp³-hybridized carbons (Fsp3) is 0.364. The van der Waals surface area contributed by atoms with E-state index in [-0.39, 0.29) is 23.7 Å². The molecule has 8 heteroatoms. The van der Waals surface area contributed by atoms with Crippen molar-refractivity contribution in [2.45, 2.75) is 44.2 Å². The second kappa shape index (κ2) is 9.18. The van der Waals surface area contributed by atoms with Gasteiger partial charge in [-0.15, -0.1) is 0 Å². The third kappa shape index (κ3) is 4.37. The Kier molecular flexibility index (Phi) is 6.39. The van der Waals surface area contributed by atoms with Crippen molar-refractivity contribution >= 4 is 40.1 Å². The van der Waals surface area contributed by atoms with Crippen LogP contribution in [0.1, 0.15) is 54.1 Å². The molecule has 6 nitrogen and oxygen atoms in total. The SMILES string of the molecule is O=C(c1ccccc1Cl)N(C1=N[C@@H](c2ccc([N+](=O)[O-])cc2)CS1)C1CCCCC1. The molecule has 1 heterocycles. The summed E-state index contributed by atoms with van der Waals surface area (Å²) in [6.07, 6.45) is 5.30. The number of thioether (sulfide) groups is 1. The van der Waals surface area contributed by atoms with Gasteiger partial charge in [0.1, 0.15) is 0 Å². The zero-order chi connectivity index (χ0) is 21.1. The second-order valence-corrected chi connectivity index (χ2v) is 8.93. The molecule has 1 fully saturated rings. The highest BCUT2D eigenvalue weighted by Gasteiger charge is 2.34. The minimum atomic E-state index is -0.408. The molecule has 0 aromatic heterocycles. The minimum Gasteiger partial charge on any atom is -0.284 e. The monoisotopic (exact) mass is 443 g/mol. The van der Waals surface area contributed by atoms with Crippen LogP contribution in [0, 0.1) is 10.1 Å². The van der Waals surface area contributed by atoms with Crippen LogP contribution >= 0.6 is 23.4 Å². The lowest BCUT2D eigenvalue weighted by molar-refractivity contribution is -0.384. The molecule has 2 aliphatic rings. The predicted molar refractivity (Wildman–Crippen MR) is 120 cm³/mol. The van der Waals surface area contributed by atoms with Gasteiger partial charge in [-0.1, -0.05) is 66.9 Å². The summed E-state index contributed by atoms with van der Waals surface area (Å²) in [5, 5.41) is 12.1. The number of aliphatic imine (C=N–C) groups is 1. The first kappa shape index (κ1) is 20.9. The number of amides is 1. The van der Waals surface area contributed by atoms with E-state index >= 15 is 0 Å². The van der Waals surface area contributed by atoms with E-state index in [1.54, 1.807) is 36.0 Å². The normalized spacial score (nSPS) is 19.4. The first-order valence-corrected chi connectivity index (χ1v) is 11.4. The van der Waals surface area contributed by atoms with Gasteiger partial charge >= 0.3 is 0 Å².